The number of amides is 1. The van der Waals surface area contributed by atoms with Gasteiger partial charge in [-0.3, -0.25) is 9.79 Å². The summed E-state index contributed by atoms with van der Waals surface area (Å²) in [5.74, 6) is -0.143. The van der Waals surface area contributed by atoms with Gasteiger partial charge in [0.2, 0.25) is 5.91 Å². The van der Waals surface area contributed by atoms with E-state index < -0.39 is 16.9 Å². The summed E-state index contributed by atoms with van der Waals surface area (Å²) >= 11 is 5.13. The Morgan fingerprint density at radius 2 is 2.17 bits per heavy atom. The first kappa shape index (κ1) is 21.8. The van der Waals surface area contributed by atoms with Crippen molar-refractivity contribution in [3.8, 4) is 0 Å². The van der Waals surface area contributed by atoms with Crippen LogP contribution in [0, 0.1) is 0 Å². The molecular weight excluding hydrogens is 410 g/mol. The smallest absolute Gasteiger partial charge is 0.246 e. The van der Waals surface area contributed by atoms with Crippen LogP contribution >= 0.6 is 11.6 Å². The number of aliphatic imine (C=N–C) groups is 1. The minimum Gasteiger partial charge on any atom is -0.598 e. The van der Waals surface area contributed by atoms with E-state index in [1.807, 2.05) is 42.2 Å². The first-order valence-electron chi connectivity index (χ1n) is 9.27. The van der Waals surface area contributed by atoms with E-state index in [0.717, 1.165) is 11.3 Å². The van der Waals surface area contributed by atoms with Crippen molar-refractivity contribution in [2.45, 2.75) is 25.4 Å². The van der Waals surface area contributed by atoms with Crippen molar-refractivity contribution in [3.63, 3.8) is 0 Å². The average molecular weight is 436 g/mol. The zero-order chi connectivity index (χ0) is 21.3. The van der Waals surface area contributed by atoms with Gasteiger partial charge < -0.3 is 14.4 Å². The molecule has 3 heterocycles. The fraction of sp³-hybridized carbons (Fsp3) is 0.450. The van der Waals surface area contributed by atoms with Crippen LogP contribution in [-0.2, 0) is 16.2 Å². The Hall–Kier alpha value is -1.87. The van der Waals surface area contributed by atoms with Crippen LogP contribution in [-0.4, -0.2) is 74.4 Å². The molecule has 29 heavy (non-hydrogen) atoms. The predicted octanol–water partition coefficient (Wildman–Crippen LogP) is 2.49. The van der Waals surface area contributed by atoms with Crippen LogP contribution in [0.3, 0.4) is 0 Å². The van der Waals surface area contributed by atoms with E-state index in [1.165, 1.54) is 6.08 Å². The lowest BCUT2D eigenvalue weighted by molar-refractivity contribution is -0.131. The molecule has 1 fully saturated rings. The summed E-state index contributed by atoms with van der Waals surface area (Å²) in [6.07, 6.45) is 6.62. The van der Waals surface area contributed by atoms with Gasteiger partial charge in [-0.1, -0.05) is 18.2 Å². The highest BCUT2D eigenvalue weighted by molar-refractivity contribution is 7.88. The number of carbonyl (C=O) groups excluding carboxylic acids is 1. The van der Waals surface area contributed by atoms with Crippen molar-refractivity contribution in [2.75, 3.05) is 33.1 Å². The normalized spacial score (nSPS) is 23.0. The molecule has 7 nitrogen and oxygen atoms in total. The molecule has 0 N–H and O–H groups in total. The van der Waals surface area contributed by atoms with E-state index in [4.69, 9.17) is 11.6 Å². The summed E-state index contributed by atoms with van der Waals surface area (Å²) in [4.78, 5) is 24.8. The van der Waals surface area contributed by atoms with E-state index in [1.54, 1.807) is 23.4 Å². The minimum absolute atomic E-state index is 0.143. The number of piperazine rings is 1. The molecule has 0 spiro atoms. The standard InChI is InChI=1S/C20H26ClN5O2S/c1-6-19(27)25-11-17(26(29(5)28)20(2,3)12-25)14-9-15(23-18(21)10-14)16-7-8-22-13-24(16)4/h6-10,17H,1,11-13H2,2-5H3. The maximum Gasteiger partial charge on any atom is 0.246 e. The maximum absolute atomic E-state index is 12.7. The van der Waals surface area contributed by atoms with E-state index in [-0.39, 0.29) is 11.9 Å². The predicted molar refractivity (Wildman–Crippen MR) is 118 cm³/mol. The van der Waals surface area contributed by atoms with Crippen LogP contribution in [0.2, 0.25) is 5.15 Å². The highest BCUT2D eigenvalue weighted by Crippen LogP contribution is 2.38. The lowest BCUT2D eigenvalue weighted by Gasteiger charge is -2.49. The number of rotatable bonds is 4. The largest absolute Gasteiger partial charge is 0.598 e. The van der Waals surface area contributed by atoms with Gasteiger partial charge in [-0.05, 0) is 43.7 Å². The summed E-state index contributed by atoms with van der Waals surface area (Å²) < 4.78 is 14.6. The van der Waals surface area contributed by atoms with E-state index >= 15 is 0 Å². The maximum atomic E-state index is 12.7. The number of nitrogens with zero attached hydrogens (tertiary/aromatic N) is 5. The summed E-state index contributed by atoms with van der Waals surface area (Å²) in [5, 5.41) is 0.348. The van der Waals surface area contributed by atoms with Gasteiger partial charge in [0.05, 0.1) is 23.0 Å². The molecule has 2 atom stereocenters. The second-order valence-electron chi connectivity index (χ2n) is 7.83. The number of hydrogen-bond donors (Lipinski definition) is 0. The molecule has 2 unspecified atom stereocenters. The number of halogens is 1. The second-order valence-corrected chi connectivity index (χ2v) is 9.46. The van der Waals surface area contributed by atoms with Crippen molar-refractivity contribution < 1.29 is 9.35 Å². The van der Waals surface area contributed by atoms with Crippen molar-refractivity contribution in [1.29, 1.82) is 0 Å². The Labute approximate surface area is 180 Å². The van der Waals surface area contributed by atoms with Crippen LogP contribution in [0.25, 0.3) is 5.70 Å². The molecule has 9 heteroatoms. The molecule has 2 aliphatic heterocycles. The quantitative estimate of drug-likeness (QED) is 0.412. The number of allylic oxidation sites excluding steroid dienone is 1. The first-order valence-corrected chi connectivity index (χ1v) is 11.2. The van der Waals surface area contributed by atoms with Crippen LogP contribution in [0.1, 0.15) is 31.1 Å². The Morgan fingerprint density at radius 3 is 2.79 bits per heavy atom. The fourth-order valence-electron chi connectivity index (χ4n) is 3.99. The van der Waals surface area contributed by atoms with Gasteiger partial charge in [-0.2, -0.15) is 0 Å². The molecule has 0 bridgehead atoms. The molecule has 0 saturated carbocycles. The van der Waals surface area contributed by atoms with Gasteiger partial charge in [0.15, 0.2) is 0 Å². The third kappa shape index (κ3) is 4.50. The molecule has 3 rings (SSSR count). The molecule has 0 aliphatic carbocycles. The third-order valence-electron chi connectivity index (χ3n) is 5.12. The molecular formula is C20H26ClN5O2S. The number of aromatic nitrogens is 1. The monoisotopic (exact) mass is 435 g/mol. The van der Waals surface area contributed by atoms with E-state index in [9.17, 15) is 9.35 Å². The topological polar surface area (TPSA) is 75.1 Å². The summed E-state index contributed by atoms with van der Waals surface area (Å²) in [7, 11) is 1.94. The lowest BCUT2D eigenvalue weighted by Crippen LogP contribution is -2.62. The highest BCUT2D eigenvalue weighted by Gasteiger charge is 2.47. The van der Waals surface area contributed by atoms with E-state index in [2.05, 4.69) is 16.6 Å². The van der Waals surface area contributed by atoms with Crippen molar-refractivity contribution in [1.82, 2.24) is 19.1 Å². The SMILES string of the molecule is C=CC(=O)N1CC(c2cc(Cl)nc(C3=CC=NCN3C)c2)N([S+](C)[O-])C(C)(C)C1. The summed E-state index contributed by atoms with van der Waals surface area (Å²) in [5.41, 5.74) is 1.99. The van der Waals surface area contributed by atoms with Gasteiger partial charge in [0, 0.05) is 37.7 Å². The fourth-order valence-corrected chi connectivity index (χ4v) is 5.51. The Morgan fingerprint density at radius 1 is 1.45 bits per heavy atom. The van der Waals surface area contributed by atoms with Gasteiger partial charge in [0.25, 0.3) is 0 Å². The van der Waals surface area contributed by atoms with Gasteiger partial charge in [-0.25, -0.2) is 4.98 Å². The average Bonchev–Trinajstić information content (AvgIpc) is 2.65. The van der Waals surface area contributed by atoms with Crippen LogP contribution < -0.4 is 0 Å². The lowest BCUT2D eigenvalue weighted by atomic mass is 9.94. The summed E-state index contributed by atoms with van der Waals surface area (Å²) in [6, 6.07) is 3.44. The molecule has 0 radical (unpaired) electrons. The highest BCUT2D eigenvalue weighted by atomic mass is 35.5. The van der Waals surface area contributed by atoms with Gasteiger partial charge in [-0.15, -0.1) is 4.31 Å². The molecule has 0 aromatic carbocycles. The first-order chi connectivity index (χ1) is 13.6. The Kier molecular flexibility index (Phi) is 6.38. The zero-order valence-corrected chi connectivity index (χ0v) is 18.7. The van der Waals surface area contributed by atoms with Crippen LogP contribution in [0.5, 0.6) is 0 Å². The Balaban J connectivity index is 2.07. The second kappa shape index (κ2) is 8.47. The molecule has 1 amide bonds. The van der Waals surface area contributed by atoms with Gasteiger partial charge >= 0.3 is 0 Å². The molecule has 1 aromatic heterocycles. The number of carbonyl (C=O) groups is 1. The van der Waals surface area contributed by atoms with Crippen LogP contribution in [0.4, 0.5) is 0 Å². The molecule has 156 valence electrons. The number of hydrogen-bond acceptors (Lipinski definition) is 6. The Bertz CT molecular complexity index is 870. The molecule has 2 aliphatic rings. The van der Waals surface area contributed by atoms with Crippen molar-refractivity contribution >= 4 is 40.8 Å². The molecule has 1 aromatic rings. The zero-order valence-electron chi connectivity index (χ0n) is 17.1. The molecule has 1 saturated heterocycles. The minimum atomic E-state index is -1.25. The van der Waals surface area contributed by atoms with Crippen LogP contribution in [0.15, 0.2) is 35.9 Å². The summed E-state index contributed by atoms with van der Waals surface area (Å²) in [6.45, 7) is 8.98. The van der Waals surface area contributed by atoms with Gasteiger partial charge in [0.1, 0.15) is 18.1 Å². The third-order valence-corrected chi connectivity index (χ3v) is 6.62. The van der Waals surface area contributed by atoms with Crippen molar-refractivity contribution in [3.05, 3.63) is 47.3 Å². The number of pyridine rings is 1. The van der Waals surface area contributed by atoms with Crippen molar-refractivity contribution in [2.24, 2.45) is 4.99 Å². The van der Waals surface area contributed by atoms with E-state index in [0.29, 0.717) is 30.6 Å².